The van der Waals surface area contributed by atoms with Gasteiger partial charge in [0.2, 0.25) is 5.91 Å². The Labute approximate surface area is 119 Å². The van der Waals surface area contributed by atoms with Gasteiger partial charge in [0.25, 0.3) is 0 Å². The summed E-state index contributed by atoms with van der Waals surface area (Å²) < 4.78 is 5.33. The Morgan fingerprint density at radius 2 is 2.05 bits per heavy atom. The lowest BCUT2D eigenvalue weighted by Crippen LogP contribution is -2.14. The van der Waals surface area contributed by atoms with Crippen LogP contribution in [-0.4, -0.2) is 23.6 Å². The molecule has 0 fully saturated rings. The van der Waals surface area contributed by atoms with E-state index in [4.69, 9.17) is 38.8 Å². The molecule has 1 aromatic carbocycles. The maximum atomic E-state index is 10.6. The van der Waals surface area contributed by atoms with Gasteiger partial charge in [-0.2, -0.15) is 0 Å². The average Bonchev–Trinajstić information content (AvgIpc) is 2.28. The van der Waals surface area contributed by atoms with E-state index < -0.39 is 11.9 Å². The van der Waals surface area contributed by atoms with Gasteiger partial charge in [0.05, 0.1) is 18.1 Å². The Balaban J connectivity index is 2.99. The molecule has 0 spiro atoms. The third kappa shape index (κ3) is 5.19. The molecule has 0 atom stereocenters. The first-order valence-corrected chi connectivity index (χ1v) is 5.97. The zero-order valence-electron chi connectivity index (χ0n) is 9.73. The van der Waals surface area contributed by atoms with E-state index in [0.29, 0.717) is 10.6 Å². The molecule has 1 rings (SSSR count). The molecule has 0 saturated heterocycles. The molecule has 0 saturated carbocycles. The molecule has 19 heavy (non-hydrogen) atoms. The minimum atomic E-state index is -1.11. The summed E-state index contributed by atoms with van der Waals surface area (Å²) in [6, 6.07) is 2.97. The van der Waals surface area contributed by atoms with Crippen LogP contribution in [0.4, 0.5) is 0 Å². The molecule has 0 aliphatic carbocycles. The maximum absolute atomic E-state index is 10.6. The standard InChI is InChI=1S/C12H11Cl2NO4/c13-8-5-7(1-2-11(17)18)12(9(14)6-8)19-4-3-10(15)16/h1-2,5-6H,3-4H2,(H2,15,16)(H,17,18)/b2-1+. The second kappa shape index (κ2) is 7.01. The van der Waals surface area contributed by atoms with Crippen LogP contribution in [0, 0.1) is 0 Å². The van der Waals surface area contributed by atoms with Crippen LogP contribution in [0.25, 0.3) is 6.08 Å². The molecule has 1 aromatic rings. The number of primary amides is 1. The Hall–Kier alpha value is -1.72. The number of halogens is 2. The predicted molar refractivity (Wildman–Crippen MR) is 72.4 cm³/mol. The number of carbonyl (C=O) groups excluding carboxylic acids is 1. The van der Waals surface area contributed by atoms with E-state index in [9.17, 15) is 9.59 Å². The van der Waals surface area contributed by atoms with Gasteiger partial charge in [-0.15, -0.1) is 0 Å². The van der Waals surface area contributed by atoms with E-state index in [1.165, 1.54) is 18.2 Å². The highest BCUT2D eigenvalue weighted by atomic mass is 35.5. The van der Waals surface area contributed by atoms with Crippen molar-refractivity contribution in [3.63, 3.8) is 0 Å². The van der Waals surface area contributed by atoms with Gasteiger partial charge in [0.1, 0.15) is 5.75 Å². The molecular weight excluding hydrogens is 293 g/mol. The van der Waals surface area contributed by atoms with Crippen molar-refractivity contribution >= 4 is 41.2 Å². The molecule has 0 aliphatic rings. The number of hydrogen-bond donors (Lipinski definition) is 2. The van der Waals surface area contributed by atoms with Crippen LogP contribution in [0.2, 0.25) is 10.0 Å². The predicted octanol–water partition coefficient (Wildman–Crippen LogP) is 2.35. The van der Waals surface area contributed by atoms with E-state index in [1.54, 1.807) is 0 Å². The van der Waals surface area contributed by atoms with Crippen molar-refractivity contribution in [2.24, 2.45) is 5.73 Å². The van der Waals surface area contributed by atoms with Crippen molar-refractivity contribution in [3.05, 3.63) is 33.8 Å². The van der Waals surface area contributed by atoms with Crippen molar-refractivity contribution in [2.45, 2.75) is 6.42 Å². The van der Waals surface area contributed by atoms with Crippen molar-refractivity contribution < 1.29 is 19.4 Å². The molecule has 0 aromatic heterocycles. The zero-order valence-corrected chi connectivity index (χ0v) is 11.2. The number of rotatable bonds is 6. The third-order valence-electron chi connectivity index (χ3n) is 2.04. The summed E-state index contributed by atoms with van der Waals surface area (Å²) in [7, 11) is 0. The van der Waals surface area contributed by atoms with Crippen molar-refractivity contribution in [2.75, 3.05) is 6.61 Å². The molecule has 1 amide bonds. The van der Waals surface area contributed by atoms with Crippen LogP contribution in [0.15, 0.2) is 18.2 Å². The summed E-state index contributed by atoms with van der Waals surface area (Å²) in [5.74, 6) is -1.36. The number of ether oxygens (including phenoxy) is 1. The minimum Gasteiger partial charge on any atom is -0.491 e. The minimum absolute atomic E-state index is 0.0288. The molecule has 102 valence electrons. The van der Waals surface area contributed by atoms with Crippen LogP contribution >= 0.6 is 23.2 Å². The number of aliphatic carboxylic acids is 1. The molecule has 0 heterocycles. The number of amides is 1. The molecule has 0 unspecified atom stereocenters. The summed E-state index contributed by atoms with van der Waals surface area (Å²) in [4.78, 5) is 21.1. The van der Waals surface area contributed by atoms with Gasteiger partial charge in [0.15, 0.2) is 0 Å². The Morgan fingerprint density at radius 1 is 1.37 bits per heavy atom. The van der Waals surface area contributed by atoms with Crippen LogP contribution in [0.5, 0.6) is 5.75 Å². The molecule has 0 bridgehead atoms. The first kappa shape index (κ1) is 15.3. The van der Waals surface area contributed by atoms with Gasteiger partial charge >= 0.3 is 5.97 Å². The number of carboxylic acid groups (broad SMARTS) is 1. The lowest BCUT2D eigenvalue weighted by molar-refractivity contribution is -0.131. The first-order chi connectivity index (χ1) is 8.90. The van der Waals surface area contributed by atoms with Crippen LogP contribution in [0.1, 0.15) is 12.0 Å². The van der Waals surface area contributed by atoms with Gasteiger partial charge in [0, 0.05) is 16.7 Å². The fraction of sp³-hybridized carbons (Fsp3) is 0.167. The molecule has 0 aliphatic heterocycles. The van der Waals surface area contributed by atoms with Gasteiger partial charge in [-0.25, -0.2) is 4.79 Å². The summed E-state index contributed by atoms with van der Waals surface area (Å²) >= 11 is 11.8. The van der Waals surface area contributed by atoms with Crippen molar-refractivity contribution in [3.8, 4) is 5.75 Å². The highest BCUT2D eigenvalue weighted by Gasteiger charge is 2.10. The third-order valence-corrected chi connectivity index (χ3v) is 2.54. The second-order valence-electron chi connectivity index (χ2n) is 3.54. The fourth-order valence-electron chi connectivity index (χ4n) is 1.27. The average molecular weight is 304 g/mol. The van der Waals surface area contributed by atoms with E-state index >= 15 is 0 Å². The van der Waals surface area contributed by atoms with Gasteiger partial charge < -0.3 is 15.6 Å². The highest BCUT2D eigenvalue weighted by Crippen LogP contribution is 2.33. The topological polar surface area (TPSA) is 89.6 Å². The van der Waals surface area contributed by atoms with Crippen molar-refractivity contribution in [1.82, 2.24) is 0 Å². The smallest absolute Gasteiger partial charge is 0.328 e. The monoisotopic (exact) mass is 303 g/mol. The number of benzene rings is 1. The number of carboxylic acids is 1. The number of hydrogen-bond acceptors (Lipinski definition) is 3. The number of nitrogens with two attached hydrogens (primary N) is 1. The molecule has 0 radical (unpaired) electrons. The quantitative estimate of drug-likeness (QED) is 0.789. The highest BCUT2D eigenvalue weighted by molar-refractivity contribution is 6.35. The number of carbonyl (C=O) groups is 2. The maximum Gasteiger partial charge on any atom is 0.328 e. The molecule has 5 nitrogen and oxygen atoms in total. The van der Waals surface area contributed by atoms with E-state index in [0.717, 1.165) is 6.08 Å². The van der Waals surface area contributed by atoms with E-state index in [2.05, 4.69) is 0 Å². The lowest BCUT2D eigenvalue weighted by Gasteiger charge is -2.11. The summed E-state index contributed by atoms with van der Waals surface area (Å²) in [6.07, 6.45) is 2.27. The van der Waals surface area contributed by atoms with Crippen molar-refractivity contribution in [1.29, 1.82) is 0 Å². The molecule has 3 N–H and O–H groups in total. The van der Waals surface area contributed by atoms with Crippen LogP contribution in [0.3, 0.4) is 0 Å². The summed E-state index contributed by atoms with van der Waals surface area (Å²) in [5, 5.41) is 9.17. The fourth-order valence-corrected chi connectivity index (χ4v) is 1.83. The van der Waals surface area contributed by atoms with Gasteiger partial charge in [-0.05, 0) is 18.2 Å². The first-order valence-electron chi connectivity index (χ1n) is 5.21. The Bertz CT molecular complexity index is 529. The summed E-state index contributed by atoms with van der Waals surface area (Å²) in [5.41, 5.74) is 5.40. The van der Waals surface area contributed by atoms with Gasteiger partial charge in [-0.3, -0.25) is 4.79 Å². The molecular formula is C12H11Cl2NO4. The second-order valence-corrected chi connectivity index (χ2v) is 4.39. The largest absolute Gasteiger partial charge is 0.491 e. The lowest BCUT2D eigenvalue weighted by atomic mass is 10.2. The van der Waals surface area contributed by atoms with Gasteiger partial charge in [-0.1, -0.05) is 23.2 Å². The normalized spacial score (nSPS) is 10.6. The molecule has 7 heteroatoms. The van der Waals surface area contributed by atoms with E-state index in [-0.39, 0.29) is 23.8 Å². The zero-order chi connectivity index (χ0) is 14.4. The van der Waals surface area contributed by atoms with E-state index in [1.807, 2.05) is 0 Å². The Kier molecular flexibility index (Phi) is 5.66. The van der Waals surface area contributed by atoms with Crippen LogP contribution < -0.4 is 10.5 Å². The Morgan fingerprint density at radius 3 is 2.63 bits per heavy atom. The van der Waals surface area contributed by atoms with Crippen LogP contribution in [-0.2, 0) is 9.59 Å². The summed E-state index contributed by atoms with van der Waals surface area (Å²) in [6.45, 7) is 0.0462. The SMILES string of the molecule is NC(=O)CCOc1c(Cl)cc(Cl)cc1/C=C/C(=O)O.